The number of thiocarbonyl (C=S) groups is 1. The number of isothiocyanates is 1. The van der Waals surface area contributed by atoms with Crippen LogP contribution in [0.3, 0.4) is 0 Å². The summed E-state index contributed by atoms with van der Waals surface area (Å²) in [6.45, 7) is 11.3. The van der Waals surface area contributed by atoms with Gasteiger partial charge in [0.2, 0.25) is 0 Å². The standard InChI is InChI=1S/C16H25NS/c1-11(2)15(17-10-18)13-7-9-16(4)8-5-6-12(3)14(13)16/h11,13-15H,3,5-9H2,1-2,4H3. The smallest absolute Gasteiger partial charge is 0.0659 e. The maximum Gasteiger partial charge on any atom is 0.0659 e. The minimum atomic E-state index is 0.337. The molecule has 0 aromatic carbocycles. The fourth-order valence-electron chi connectivity index (χ4n) is 4.45. The highest BCUT2D eigenvalue weighted by molar-refractivity contribution is 7.78. The molecule has 0 heterocycles. The number of hydrogen-bond acceptors (Lipinski definition) is 2. The van der Waals surface area contributed by atoms with Gasteiger partial charge in [0.15, 0.2) is 0 Å². The Hall–Kier alpha value is -0.460. The molecule has 2 aliphatic rings. The topological polar surface area (TPSA) is 12.4 Å². The zero-order chi connectivity index (χ0) is 13.3. The second-order valence-electron chi connectivity index (χ2n) is 6.80. The lowest BCUT2D eigenvalue weighted by Crippen LogP contribution is -2.36. The van der Waals surface area contributed by atoms with Crippen molar-refractivity contribution in [3.8, 4) is 0 Å². The SMILES string of the molecule is C=C1CCCC2(C)CCC(C(N=C=S)C(C)C)C12. The zero-order valence-electron chi connectivity index (χ0n) is 11.9. The van der Waals surface area contributed by atoms with Crippen LogP contribution in [0.1, 0.15) is 52.9 Å². The van der Waals surface area contributed by atoms with Gasteiger partial charge in [0.25, 0.3) is 0 Å². The maximum atomic E-state index is 4.85. The molecule has 2 rings (SSSR count). The van der Waals surface area contributed by atoms with E-state index in [9.17, 15) is 0 Å². The van der Waals surface area contributed by atoms with Crippen molar-refractivity contribution < 1.29 is 0 Å². The van der Waals surface area contributed by atoms with Gasteiger partial charge in [-0.3, -0.25) is 0 Å². The molecule has 100 valence electrons. The fraction of sp³-hybridized carbons (Fsp3) is 0.812. The van der Waals surface area contributed by atoms with Crippen molar-refractivity contribution in [1.82, 2.24) is 0 Å². The average Bonchev–Trinajstić information content (AvgIpc) is 2.64. The van der Waals surface area contributed by atoms with Crippen molar-refractivity contribution in [1.29, 1.82) is 0 Å². The molecular formula is C16H25NS. The third-order valence-electron chi connectivity index (χ3n) is 5.24. The summed E-state index contributed by atoms with van der Waals surface area (Å²) in [5, 5.41) is 2.63. The third-order valence-corrected chi connectivity index (χ3v) is 5.34. The van der Waals surface area contributed by atoms with Gasteiger partial charge >= 0.3 is 0 Å². The van der Waals surface area contributed by atoms with Gasteiger partial charge in [-0.1, -0.05) is 32.9 Å². The molecule has 0 aromatic heterocycles. The van der Waals surface area contributed by atoms with E-state index in [0.717, 1.165) is 0 Å². The molecule has 2 fully saturated rings. The molecule has 2 heteroatoms. The second-order valence-corrected chi connectivity index (χ2v) is 6.98. The average molecular weight is 263 g/mol. The highest BCUT2D eigenvalue weighted by atomic mass is 32.1. The van der Waals surface area contributed by atoms with Crippen LogP contribution >= 0.6 is 12.2 Å². The summed E-state index contributed by atoms with van der Waals surface area (Å²) >= 11 is 4.85. The Morgan fingerprint density at radius 1 is 1.44 bits per heavy atom. The molecule has 2 aliphatic carbocycles. The first-order valence-electron chi connectivity index (χ1n) is 7.24. The summed E-state index contributed by atoms with van der Waals surface area (Å²) < 4.78 is 0. The molecule has 0 saturated heterocycles. The fourth-order valence-corrected chi connectivity index (χ4v) is 4.58. The first-order valence-corrected chi connectivity index (χ1v) is 7.65. The lowest BCUT2D eigenvalue weighted by atomic mass is 9.64. The quantitative estimate of drug-likeness (QED) is 0.401. The number of fused-ring (bicyclic) bond motifs is 1. The van der Waals surface area contributed by atoms with Crippen LogP contribution in [0.2, 0.25) is 0 Å². The van der Waals surface area contributed by atoms with E-state index >= 15 is 0 Å². The summed E-state index contributed by atoms with van der Waals surface area (Å²) in [6, 6.07) is 0.337. The Bertz CT molecular complexity index is 381. The molecule has 4 atom stereocenters. The predicted molar refractivity (Wildman–Crippen MR) is 81.0 cm³/mol. The first kappa shape index (κ1) is 14.0. The minimum Gasteiger partial charge on any atom is -0.229 e. The summed E-state index contributed by atoms with van der Waals surface area (Å²) in [4.78, 5) is 4.49. The maximum absolute atomic E-state index is 4.85. The van der Waals surface area contributed by atoms with Crippen molar-refractivity contribution in [3.05, 3.63) is 12.2 Å². The number of rotatable bonds is 3. The molecule has 0 bridgehead atoms. The van der Waals surface area contributed by atoms with Crippen LogP contribution in [0.4, 0.5) is 0 Å². The summed E-state index contributed by atoms with van der Waals surface area (Å²) in [6.07, 6.45) is 6.50. The van der Waals surface area contributed by atoms with Gasteiger partial charge in [-0.25, -0.2) is 4.99 Å². The molecule has 0 spiro atoms. The molecule has 1 nitrogen and oxygen atoms in total. The third kappa shape index (κ3) is 2.33. The Balaban J connectivity index is 2.29. The molecular weight excluding hydrogens is 238 g/mol. The van der Waals surface area contributed by atoms with Crippen LogP contribution in [-0.4, -0.2) is 11.2 Å². The highest BCUT2D eigenvalue weighted by Gasteiger charge is 2.50. The second kappa shape index (κ2) is 5.27. The van der Waals surface area contributed by atoms with E-state index in [0.29, 0.717) is 29.2 Å². The lowest BCUT2D eigenvalue weighted by Gasteiger charge is -2.42. The van der Waals surface area contributed by atoms with Gasteiger partial charge in [-0.15, -0.1) is 0 Å². The molecule has 18 heavy (non-hydrogen) atoms. The van der Waals surface area contributed by atoms with Crippen molar-refractivity contribution in [2.45, 2.75) is 58.9 Å². The van der Waals surface area contributed by atoms with E-state index in [1.54, 1.807) is 0 Å². The number of aliphatic imine (C=N–C) groups is 1. The van der Waals surface area contributed by atoms with Crippen LogP contribution in [0, 0.1) is 23.2 Å². The Labute approximate surface area is 117 Å². The molecule has 0 aromatic rings. The van der Waals surface area contributed by atoms with Crippen molar-refractivity contribution in [2.75, 3.05) is 0 Å². The Morgan fingerprint density at radius 2 is 2.17 bits per heavy atom. The predicted octanol–water partition coefficient (Wildman–Crippen LogP) is 4.89. The van der Waals surface area contributed by atoms with E-state index in [1.165, 1.54) is 37.7 Å². The first-order chi connectivity index (χ1) is 8.49. The Morgan fingerprint density at radius 3 is 2.78 bits per heavy atom. The zero-order valence-corrected chi connectivity index (χ0v) is 12.7. The monoisotopic (exact) mass is 263 g/mol. The van der Waals surface area contributed by atoms with Gasteiger partial charge in [0, 0.05) is 0 Å². The molecule has 0 amide bonds. The van der Waals surface area contributed by atoms with Gasteiger partial charge in [-0.05, 0) is 67.5 Å². The largest absolute Gasteiger partial charge is 0.229 e. The van der Waals surface area contributed by atoms with Crippen LogP contribution in [0.5, 0.6) is 0 Å². The lowest BCUT2D eigenvalue weighted by molar-refractivity contribution is 0.156. The number of hydrogen-bond donors (Lipinski definition) is 0. The minimum absolute atomic E-state index is 0.337. The van der Waals surface area contributed by atoms with Gasteiger partial charge in [0.05, 0.1) is 11.2 Å². The molecule has 0 N–H and O–H groups in total. The molecule has 4 unspecified atom stereocenters. The van der Waals surface area contributed by atoms with E-state index < -0.39 is 0 Å². The van der Waals surface area contributed by atoms with Gasteiger partial charge in [-0.2, -0.15) is 0 Å². The van der Waals surface area contributed by atoms with E-state index in [1.807, 2.05) is 0 Å². The van der Waals surface area contributed by atoms with Crippen LogP contribution < -0.4 is 0 Å². The summed E-state index contributed by atoms with van der Waals surface area (Å²) in [7, 11) is 0. The van der Waals surface area contributed by atoms with E-state index in [2.05, 4.69) is 37.5 Å². The molecule has 0 aliphatic heterocycles. The van der Waals surface area contributed by atoms with Crippen molar-refractivity contribution in [2.24, 2.45) is 28.2 Å². The van der Waals surface area contributed by atoms with Gasteiger partial charge < -0.3 is 0 Å². The number of nitrogens with zero attached hydrogens (tertiary/aromatic N) is 1. The Kier molecular flexibility index (Phi) is 4.08. The van der Waals surface area contributed by atoms with Crippen LogP contribution in [0.15, 0.2) is 17.1 Å². The normalized spacial score (nSPS) is 37.2. The summed E-state index contributed by atoms with van der Waals surface area (Å²) in [5.74, 6) is 1.84. The summed E-state index contributed by atoms with van der Waals surface area (Å²) in [5.41, 5.74) is 1.95. The van der Waals surface area contributed by atoms with Crippen molar-refractivity contribution in [3.63, 3.8) is 0 Å². The van der Waals surface area contributed by atoms with E-state index in [4.69, 9.17) is 12.2 Å². The number of allylic oxidation sites excluding steroid dienone is 1. The molecule has 2 saturated carbocycles. The highest BCUT2D eigenvalue weighted by Crippen LogP contribution is 2.58. The van der Waals surface area contributed by atoms with Crippen molar-refractivity contribution >= 4 is 17.4 Å². The van der Waals surface area contributed by atoms with E-state index in [-0.39, 0.29) is 0 Å². The van der Waals surface area contributed by atoms with Gasteiger partial charge in [0.1, 0.15) is 0 Å². The molecule has 0 radical (unpaired) electrons. The van der Waals surface area contributed by atoms with Crippen LogP contribution in [0.25, 0.3) is 0 Å². The van der Waals surface area contributed by atoms with Crippen LogP contribution in [-0.2, 0) is 0 Å².